The van der Waals surface area contributed by atoms with E-state index in [9.17, 15) is 4.79 Å². The second-order valence-corrected chi connectivity index (χ2v) is 7.07. The van der Waals surface area contributed by atoms with Crippen LogP contribution >= 0.6 is 11.6 Å². The minimum atomic E-state index is -0.393. The van der Waals surface area contributed by atoms with Crippen molar-refractivity contribution in [2.24, 2.45) is 0 Å². The number of nitrogens with zero attached hydrogens (tertiary/aromatic N) is 2. The fraction of sp³-hybridized carbons (Fsp3) is 0.261. The van der Waals surface area contributed by atoms with Crippen LogP contribution in [0.5, 0.6) is 17.4 Å². The zero-order valence-electron chi connectivity index (χ0n) is 17.6. The number of benzene rings is 1. The van der Waals surface area contributed by atoms with E-state index >= 15 is 0 Å². The lowest BCUT2D eigenvalue weighted by Gasteiger charge is -2.17. The van der Waals surface area contributed by atoms with Gasteiger partial charge in [0, 0.05) is 18.5 Å². The molecule has 7 nitrogen and oxygen atoms in total. The van der Waals surface area contributed by atoms with Gasteiger partial charge in [-0.25, -0.2) is 4.98 Å². The van der Waals surface area contributed by atoms with Gasteiger partial charge in [-0.1, -0.05) is 17.7 Å². The maximum Gasteiger partial charge on any atom is 0.272 e. The Morgan fingerprint density at radius 3 is 2.58 bits per heavy atom. The summed E-state index contributed by atoms with van der Waals surface area (Å²) in [6, 6.07) is 12.2. The lowest BCUT2D eigenvalue weighted by atomic mass is 10.1. The molecule has 0 aliphatic rings. The first-order valence-electron chi connectivity index (χ1n) is 9.81. The molecule has 1 amide bonds. The normalized spacial score (nSPS) is 11.5. The molecule has 0 spiro atoms. The number of ether oxygens (including phenoxy) is 3. The molecule has 0 bridgehead atoms. The summed E-state index contributed by atoms with van der Waals surface area (Å²) in [5.74, 6) is 1.14. The number of aromatic nitrogens is 2. The monoisotopic (exact) mass is 441 g/mol. The Hall–Kier alpha value is -3.32. The molecule has 0 aliphatic heterocycles. The van der Waals surface area contributed by atoms with Crippen LogP contribution in [0.1, 0.15) is 41.5 Å². The predicted molar refractivity (Wildman–Crippen MR) is 118 cm³/mol. The molecule has 8 heteroatoms. The molecule has 3 rings (SSSR count). The van der Waals surface area contributed by atoms with E-state index in [2.05, 4.69) is 15.3 Å². The first-order valence-corrected chi connectivity index (χ1v) is 10.2. The van der Waals surface area contributed by atoms with Gasteiger partial charge in [-0.05, 0) is 55.3 Å². The van der Waals surface area contributed by atoms with Crippen LogP contribution in [0.25, 0.3) is 0 Å². The predicted octanol–water partition coefficient (Wildman–Crippen LogP) is 4.61. The van der Waals surface area contributed by atoms with Crippen molar-refractivity contribution < 1.29 is 19.0 Å². The zero-order chi connectivity index (χ0) is 22.2. The summed E-state index contributed by atoms with van der Waals surface area (Å²) in [5, 5.41) is 3.16. The highest BCUT2D eigenvalue weighted by atomic mass is 35.5. The fourth-order valence-electron chi connectivity index (χ4n) is 2.87. The number of methoxy groups -OCH3 is 1. The van der Waals surface area contributed by atoms with E-state index in [1.807, 2.05) is 44.2 Å². The van der Waals surface area contributed by atoms with Crippen molar-refractivity contribution in [1.82, 2.24) is 15.3 Å². The van der Waals surface area contributed by atoms with Crippen molar-refractivity contribution in [3.8, 4) is 17.4 Å². The number of carbonyl (C=O) groups is 1. The Morgan fingerprint density at radius 1 is 1.10 bits per heavy atom. The van der Waals surface area contributed by atoms with E-state index in [-0.39, 0.29) is 16.8 Å². The van der Waals surface area contributed by atoms with Gasteiger partial charge in [-0.15, -0.1) is 0 Å². The van der Waals surface area contributed by atoms with Gasteiger partial charge in [-0.2, -0.15) is 0 Å². The summed E-state index contributed by atoms with van der Waals surface area (Å²) in [7, 11) is 1.57. The molecule has 0 radical (unpaired) electrons. The number of carbonyl (C=O) groups excluding carboxylic acids is 1. The maximum atomic E-state index is 12.7. The van der Waals surface area contributed by atoms with Crippen LogP contribution in [-0.2, 0) is 6.61 Å². The lowest BCUT2D eigenvalue weighted by molar-refractivity contribution is 0.0933. The molecule has 2 aromatic heterocycles. The van der Waals surface area contributed by atoms with E-state index in [0.717, 1.165) is 11.1 Å². The second-order valence-electron chi connectivity index (χ2n) is 6.66. The molecule has 31 heavy (non-hydrogen) atoms. The molecular weight excluding hydrogens is 418 g/mol. The second kappa shape index (κ2) is 10.6. The summed E-state index contributed by atoms with van der Waals surface area (Å²) >= 11 is 6.16. The average Bonchev–Trinajstić information content (AvgIpc) is 2.79. The first kappa shape index (κ1) is 22.4. The molecule has 1 unspecified atom stereocenters. The molecule has 0 fully saturated rings. The molecule has 0 aliphatic carbocycles. The molecule has 2 heterocycles. The summed E-state index contributed by atoms with van der Waals surface area (Å²) in [6.45, 7) is 4.55. The number of hydrogen-bond acceptors (Lipinski definition) is 6. The van der Waals surface area contributed by atoms with Crippen LogP contribution in [-0.4, -0.2) is 29.6 Å². The number of pyridine rings is 2. The fourth-order valence-corrected chi connectivity index (χ4v) is 3.06. The zero-order valence-corrected chi connectivity index (χ0v) is 18.3. The Labute approximate surface area is 186 Å². The highest BCUT2D eigenvalue weighted by Crippen LogP contribution is 2.31. The Kier molecular flexibility index (Phi) is 7.67. The average molecular weight is 442 g/mol. The van der Waals surface area contributed by atoms with Crippen molar-refractivity contribution in [2.75, 3.05) is 13.7 Å². The summed E-state index contributed by atoms with van der Waals surface area (Å²) in [5.41, 5.74) is 1.96. The van der Waals surface area contributed by atoms with Gasteiger partial charge in [-0.3, -0.25) is 9.78 Å². The largest absolute Gasteiger partial charge is 0.493 e. The van der Waals surface area contributed by atoms with Crippen LogP contribution in [0.2, 0.25) is 5.02 Å². The lowest BCUT2D eigenvalue weighted by Crippen LogP contribution is -2.27. The number of rotatable bonds is 9. The molecule has 1 N–H and O–H groups in total. The molecule has 1 atom stereocenters. The summed E-state index contributed by atoms with van der Waals surface area (Å²) < 4.78 is 16.7. The standard InChI is InChI=1S/C23H24ClN3O4/c1-4-30-21-8-6-18(24)22(27-21)23(28)26-15(2)17-5-7-19(20(13-17)29-3)31-14-16-9-11-25-12-10-16/h5-13,15H,4,14H2,1-3H3,(H,26,28). The highest BCUT2D eigenvalue weighted by Gasteiger charge is 2.18. The molecule has 0 saturated heterocycles. The third kappa shape index (κ3) is 5.86. The van der Waals surface area contributed by atoms with Gasteiger partial charge in [0.25, 0.3) is 5.91 Å². The Balaban J connectivity index is 1.70. The summed E-state index contributed by atoms with van der Waals surface area (Å²) in [6.07, 6.45) is 3.43. The maximum absolute atomic E-state index is 12.7. The van der Waals surface area contributed by atoms with Gasteiger partial charge >= 0.3 is 0 Å². The van der Waals surface area contributed by atoms with Crippen molar-refractivity contribution >= 4 is 17.5 Å². The molecule has 162 valence electrons. The van der Waals surface area contributed by atoms with Gasteiger partial charge in [0.2, 0.25) is 5.88 Å². The van der Waals surface area contributed by atoms with Gasteiger partial charge in [0.1, 0.15) is 6.61 Å². The van der Waals surface area contributed by atoms with Crippen LogP contribution < -0.4 is 19.5 Å². The van der Waals surface area contributed by atoms with E-state index in [0.29, 0.717) is 30.6 Å². The van der Waals surface area contributed by atoms with Crippen molar-refractivity contribution in [1.29, 1.82) is 0 Å². The van der Waals surface area contributed by atoms with Crippen molar-refractivity contribution in [3.05, 3.63) is 76.7 Å². The summed E-state index contributed by atoms with van der Waals surface area (Å²) in [4.78, 5) is 20.9. The third-order valence-corrected chi connectivity index (χ3v) is 4.81. The molecule has 3 aromatic rings. The van der Waals surface area contributed by atoms with Crippen LogP contribution in [0, 0.1) is 0 Å². The van der Waals surface area contributed by atoms with E-state index < -0.39 is 5.91 Å². The molecule has 0 saturated carbocycles. The third-order valence-electron chi connectivity index (χ3n) is 4.51. The Bertz CT molecular complexity index is 1030. The SMILES string of the molecule is CCOc1ccc(Cl)c(C(=O)NC(C)c2ccc(OCc3ccncc3)c(OC)c2)n1. The Morgan fingerprint density at radius 2 is 1.87 bits per heavy atom. The first-order chi connectivity index (χ1) is 15.0. The van der Waals surface area contributed by atoms with Gasteiger partial charge in [0.05, 0.1) is 24.8 Å². The van der Waals surface area contributed by atoms with Gasteiger partial charge < -0.3 is 19.5 Å². The smallest absolute Gasteiger partial charge is 0.272 e. The topological polar surface area (TPSA) is 82.6 Å². The van der Waals surface area contributed by atoms with E-state index in [1.54, 1.807) is 31.6 Å². The number of hydrogen-bond donors (Lipinski definition) is 1. The number of nitrogens with one attached hydrogen (secondary N) is 1. The van der Waals surface area contributed by atoms with Crippen LogP contribution in [0.4, 0.5) is 0 Å². The number of halogens is 1. The minimum Gasteiger partial charge on any atom is -0.493 e. The van der Waals surface area contributed by atoms with Crippen molar-refractivity contribution in [2.45, 2.75) is 26.5 Å². The highest BCUT2D eigenvalue weighted by molar-refractivity contribution is 6.33. The number of amides is 1. The minimum absolute atomic E-state index is 0.115. The van der Waals surface area contributed by atoms with Gasteiger partial charge in [0.15, 0.2) is 17.2 Å². The van der Waals surface area contributed by atoms with Crippen LogP contribution in [0.15, 0.2) is 54.9 Å². The van der Waals surface area contributed by atoms with Crippen LogP contribution in [0.3, 0.4) is 0 Å². The van der Waals surface area contributed by atoms with E-state index in [4.69, 9.17) is 25.8 Å². The quantitative estimate of drug-likeness (QED) is 0.522. The van der Waals surface area contributed by atoms with Crippen molar-refractivity contribution in [3.63, 3.8) is 0 Å². The molecular formula is C23H24ClN3O4. The van der Waals surface area contributed by atoms with E-state index in [1.165, 1.54) is 0 Å². The molecule has 1 aromatic carbocycles.